The first-order valence-corrected chi connectivity index (χ1v) is 8.19. The summed E-state index contributed by atoms with van der Waals surface area (Å²) in [6.45, 7) is 0. The lowest BCUT2D eigenvalue weighted by atomic mass is 10.1. The number of nitrogens with zero attached hydrogens (tertiary/aromatic N) is 1. The average molecular weight is 343 g/mol. The van der Waals surface area contributed by atoms with Gasteiger partial charge in [0, 0.05) is 17.3 Å². The van der Waals surface area contributed by atoms with Crippen LogP contribution in [0.25, 0.3) is 0 Å². The van der Waals surface area contributed by atoms with E-state index in [2.05, 4.69) is 5.32 Å². The summed E-state index contributed by atoms with van der Waals surface area (Å²) in [5, 5.41) is 10.5. The highest BCUT2D eigenvalue weighted by atomic mass is 32.2. The van der Waals surface area contributed by atoms with Crippen molar-refractivity contribution in [2.75, 3.05) is 12.4 Å². The minimum atomic E-state index is -2.39. The van der Waals surface area contributed by atoms with Gasteiger partial charge in [-0.1, -0.05) is 18.2 Å². The fourth-order valence-electron chi connectivity index (χ4n) is 2.13. The Morgan fingerprint density at radius 2 is 2.04 bits per heavy atom. The first-order valence-electron chi connectivity index (χ1n) is 7.05. The molecule has 0 spiro atoms. The predicted molar refractivity (Wildman–Crippen MR) is 89.3 cm³/mol. The molecule has 6 nitrogen and oxygen atoms in total. The Labute approximate surface area is 142 Å². The van der Waals surface area contributed by atoms with Crippen LogP contribution in [-0.2, 0) is 11.1 Å². The summed E-state index contributed by atoms with van der Waals surface area (Å²) in [7, 11) is 1.54. The van der Waals surface area contributed by atoms with Crippen LogP contribution in [0.2, 0.25) is 0 Å². The number of carbonyl (C=O) groups is 1. The molecule has 1 amide bonds. The van der Waals surface area contributed by atoms with Crippen LogP contribution in [0, 0.1) is 11.3 Å². The Bertz CT molecular complexity index is 784. The van der Waals surface area contributed by atoms with Crippen molar-refractivity contribution in [1.29, 1.82) is 5.26 Å². The van der Waals surface area contributed by atoms with E-state index in [1.165, 1.54) is 31.4 Å². The summed E-state index contributed by atoms with van der Waals surface area (Å²) in [4.78, 5) is 12.2. The van der Waals surface area contributed by atoms with Gasteiger partial charge in [0.2, 0.25) is 0 Å². The number of nitrogens with one attached hydrogen (secondary N) is 1. The molecule has 2 rings (SSSR count). The molecule has 2 atom stereocenters. The number of anilines is 1. The van der Waals surface area contributed by atoms with Crippen LogP contribution < -0.4 is 10.1 Å². The van der Waals surface area contributed by atoms with Gasteiger partial charge in [-0.3, -0.25) is 9.00 Å². The number of methoxy groups -OCH3 is 1. The maximum atomic E-state index is 12.2. The molecule has 0 aromatic heterocycles. The second-order valence-corrected chi connectivity index (χ2v) is 6.01. The molecule has 124 valence electrons. The molecule has 0 aliphatic carbocycles. The Morgan fingerprint density at radius 3 is 2.62 bits per heavy atom. The SMILES string of the molecule is COc1cccc(NC(=O)c2ccc(C(CC#N)S(=O)[O-])cc2)c1. The zero-order valence-corrected chi connectivity index (χ0v) is 13.7. The molecule has 0 heterocycles. The van der Waals surface area contributed by atoms with Crippen LogP contribution in [0.5, 0.6) is 5.75 Å². The molecule has 0 aliphatic heterocycles. The van der Waals surface area contributed by atoms with E-state index in [4.69, 9.17) is 10.00 Å². The lowest BCUT2D eigenvalue weighted by molar-refractivity contribution is 0.102. The summed E-state index contributed by atoms with van der Waals surface area (Å²) in [5.41, 5.74) is 1.45. The highest BCUT2D eigenvalue weighted by Gasteiger charge is 2.13. The van der Waals surface area contributed by atoms with Crippen LogP contribution in [0.1, 0.15) is 27.6 Å². The summed E-state index contributed by atoms with van der Waals surface area (Å²) in [6.07, 6.45) is -0.133. The van der Waals surface area contributed by atoms with Gasteiger partial charge >= 0.3 is 0 Å². The minimum Gasteiger partial charge on any atom is -0.772 e. The smallest absolute Gasteiger partial charge is 0.255 e. The molecule has 0 saturated carbocycles. The number of nitriles is 1. The fourth-order valence-corrected chi connectivity index (χ4v) is 2.72. The van der Waals surface area contributed by atoms with Crippen LogP contribution in [-0.4, -0.2) is 21.8 Å². The van der Waals surface area contributed by atoms with Gasteiger partial charge in [0.1, 0.15) is 5.75 Å². The summed E-state index contributed by atoms with van der Waals surface area (Å²) >= 11 is -2.39. The van der Waals surface area contributed by atoms with Crippen molar-refractivity contribution in [3.8, 4) is 11.8 Å². The highest BCUT2D eigenvalue weighted by molar-refractivity contribution is 7.79. The van der Waals surface area contributed by atoms with Gasteiger partial charge < -0.3 is 14.6 Å². The third-order valence-electron chi connectivity index (χ3n) is 3.38. The standard InChI is InChI=1S/C17H16N2O4S/c1-23-15-4-2-3-14(11-15)19-17(20)13-7-5-12(6-8-13)16(9-10-18)24(21)22/h2-8,11,16H,9H2,1H3,(H,19,20)(H,21,22)/p-1. The molecule has 0 bridgehead atoms. The summed E-state index contributed by atoms with van der Waals surface area (Å²) < 4.78 is 27.4. The van der Waals surface area contributed by atoms with Crippen molar-refractivity contribution < 1.29 is 18.3 Å². The van der Waals surface area contributed by atoms with Crippen molar-refractivity contribution in [1.82, 2.24) is 0 Å². The van der Waals surface area contributed by atoms with E-state index in [0.29, 0.717) is 22.6 Å². The van der Waals surface area contributed by atoms with Crippen molar-refractivity contribution in [2.24, 2.45) is 0 Å². The number of hydrogen-bond donors (Lipinski definition) is 1. The third kappa shape index (κ3) is 4.41. The molecule has 2 aromatic carbocycles. The lowest BCUT2D eigenvalue weighted by Gasteiger charge is -2.17. The normalized spacial score (nSPS) is 12.7. The van der Waals surface area contributed by atoms with E-state index in [-0.39, 0.29) is 12.3 Å². The zero-order valence-electron chi connectivity index (χ0n) is 12.9. The monoisotopic (exact) mass is 343 g/mol. The van der Waals surface area contributed by atoms with Gasteiger partial charge in [0.25, 0.3) is 5.91 Å². The van der Waals surface area contributed by atoms with Gasteiger partial charge in [-0.2, -0.15) is 5.26 Å². The van der Waals surface area contributed by atoms with E-state index in [1.54, 1.807) is 24.3 Å². The van der Waals surface area contributed by atoms with E-state index < -0.39 is 16.3 Å². The van der Waals surface area contributed by atoms with Crippen molar-refractivity contribution in [3.63, 3.8) is 0 Å². The van der Waals surface area contributed by atoms with E-state index in [1.807, 2.05) is 6.07 Å². The van der Waals surface area contributed by atoms with Gasteiger partial charge in [-0.05, 0) is 40.9 Å². The molecule has 2 unspecified atom stereocenters. The zero-order chi connectivity index (χ0) is 17.5. The van der Waals surface area contributed by atoms with Gasteiger partial charge in [0.05, 0.1) is 24.8 Å². The molecule has 24 heavy (non-hydrogen) atoms. The number of rotatable bonds is 6. The molecule has 0 radical (unpaired) electrons. The Morgan fingerprint density at radius 1 is 1.33 bits per heavy atom. The van der Waals surface area contributed by atoms with Crippen LogP contribution >= 0.6 is 0 Å². The van der Waals surface area contributed by atoms with Crippen LogP contribution in [0.4, 0.5) is 5.69 Å². The van der Waals surface area contributed by atoms with Crippen molar-refractivity contribution in [3.05, 3.63) is 59.7 Å². The van der Waals surface area contributed by atoms with Crippen LogP contribution in [0.3, 0.4) is 0 Å². The maximum absolute atomic E-state index is 12.2. The average Bonchev–Trinajstić information content (AvgIpc) is 2.59. The second kappa shape index (κ2) is 8.24. The van der Waals surface area contributed by atoms with Gasteiger partial charge in [-0.25, -0.2) is 0 Å². The van der Waals surface area contributed by atoms with E-state index in [0.717, 1.165) is 0 Å². The number of ether oxygens (including phenoxy) is 1. The van der Waals surface area contributed by atoms with Crippen LogP contribution in [0.15, 0.2) is 48.5 Å². The Kier molecular flexibility index (Phi) is 6.07. The topological polar surface area (TPSA) is 102 Å². The molecule has 7 heteroatoms. The molecular weight excluding hydrogens is 328 g/mol. The molecule has 0 fully saturated rings. The molecular formula is C17H15N2O4S-. The number of benzene rings is 2. The minimum absolute atomic E-state index is 0.133. The number of hydrogen-bond acceptors (Lipinski definition) is 5. The lowest BCUT2D eigenvalue weighted by Crippen LogP contribution is -2.12. The Balaban J connectivity index is 2.13. The Hall–Kier alpha value is -2.69. The predicted octanol–water partition coefficient (Wildman–Crippen LogP) is 2.78. The van der Waals surface area contributed by atoms with E-state index in [9.17, 15) is 13.6 Å². The third-order valence-corrected chi connectivity index (χ3v) is 4.28. The fraction of sp³-hybridized carbons (Fsp3) is 0.176. The summed E-state index contributed by atoms with van der Waals surface area (Å²) in [6, 6.07) is 14.9. The molecule has 0 saturated heterocycles. The molecule has 1 N–H and O–H groups in total. The maximum Gasteiger partial charge on any atom is 0.255 e. The quantitative estimate of drug-likeness (QED) is 0.813. The van der Waals surface area contributed by atoms with Gasteiger partial charge in [-0.15, -0.1) is 0 Å². The number of amides is 1. The largest absolute Gasteiger partial charge is 0.772 e. The van der Waals surface area contributed by atoms with Crippen molar-refractivity contribution in [2.45, 2.75) is 11.7 Å². The first kappa shape index (κ1) is 17.7. The second-order valence-electron chi connectivity index (χ2n) is 4.92. The molecule has 2 aromatic rings. The number of carbonyl (C=O) groups excluding carboxylic acids is 1. The highest BCUT2D eigenvalue weighted by Crippen LogP contribution is 2.23. The first-order chi connectivity index (χ1) is 11.5. The van der Waals surface area contributed by atoms with Crippen molar-refractivity contribution >= 4 is 22.7 Å². The van der Waals surface area contributed by atoms with Gasteiger partial charge in [0.15, 0.2) is 0 Å². The molecule has 0 aliphatic rings. The van der Waals surface area contributed by atoms with E-state index >= 15 is 0 Å². The summed E-state index contributed by atoms with van der Waals surface area (Å²) in [5.74, 6) is 0.301.